The number of amides is 3. The fourth-order valence-electron chi connectivity index (χ4n) is 4.65. The molecular formula is C30H40N10O9. The van der Waals surface area contributed by atoms with Crippen LogP contribution in [-0.4, -0.2) is 104 Å². The minimum atomic E-state index is -1.36. The molecule has 11 N–H and O–H groups in total. The molecule has 0 fully saturated rings. The van der Waals surface area contributed by atoms with Crippen molar-refractivity contribution in [1.82, 2.24) is 31.4 Å². The number of guanidine groups is 1. The second-order valence-corrected chi connectivity index (χ2v) is 10.4. The molecule has 0 bridgehead atoms. The van der Waals surface area contributed by atoms with Gasteiger partial charge in [-0.15, -0.1) is 5.10 Å². The van der Waals surface area contributed by atoms with Gasteiger partial charge in [0.25, 0.3) is 0 Å². The van der Waals surface area contributed by atoms with Gasteiger partial charge in [0.1, 0.15) is 17.5 Å². The molecule has 19 heteroatoms. The second kappa shape index (κ2) is 17.7. The van der Waals surface area contributed by atoms with Crippen LogP contribution in [-0.2, 0) is 19.2 Å². The number of methoxy groups -OCH3 is 4. The topological polar surface area (TPSA) is 291 Å². The molecule has 3 amide bonds. The van der Waals surface area contributed by atoms with Crippen LogP contribution in [0.2, 0.25) is 0 Å². The number of aliphatic carboxylic acids is 1. The molecule has 1 aromatic heterocycles. The minimum absolute atomic E-state index is 0.113. The van der Waals surface area contributed by atoms with Crippen molar-refractivity contribution in [2.75, 3.05) is 46.8 Å². The number of H-pyrrole nitrogens is 1. The summed E-state index contributed by atoms with van der Waals surface area (Å²) in [6.45, 7) is -0.317. The number of hydrogen-bond acceptors (Lipinski definition) is 12. The van der Waals surface area contributed by atoms with E-state index in [1.54, 1.807) is 30.3 Å². The Morgan fingerprint density at radius 1 is 0.939 bits per heavy atom. The summed E-state index contributed by atoms with van der Waals surface area (Å²) in [5.41, 5.74) is 13.2. The third-order valence-electron chi connectivity index (χ3n) is 7.02. The lowest BCUT2D eigenvalue weighted by atomic mass is 10.0. The molecule has 0 aliphatic rings. The largest absolute Gasteiger partial charge is 0.495 e. The van der Waals surface area contributed by atoms with Gasteiger partial charge in [0, 0.05) is 17.7 Å². The third-order valence-corrected chi connectivity index (χ3v) is 7.02. The predicted molar refractivity (Wildman–Crippen MR) is 176 cm³/mol. The average Bonchev–Trinajstić information content (AvgIpc) is 3.57. The number of aromatic nitrogens is 3. The summed E-state index contributed by atoms with van der Waals surface area (Å²) in [5, 5.41) is 37.5. The van der Waals surface area contributed by atoms with Gasteiger partial charge in [-0.3, -0.25) is 29.7 Å². The van der Waals surface area contributed by atoms with Gasteiger partial charge in [-0.2, -0.15) is 0 Å². The summed E-state index contributed by atoms with van der Waals surface area (Å²) in [4.78, 5) is 49.2. The smallest absolute Gasteiger partial charge is 0.305 e. The molecule has 3 rings (SSSR count). The van der Waals surface area contributed by atoms with E-state index in [0.717, 1.165) is 0 Å². The number of hydrogen-bond donors (Lipinski definition) is 9. The number of aromatic amines is 1. The summed E-state index contributed by atoms with van der Waals surface area (Å²) in [6.07, 6.45) is -0.188. The number of rotatable bonds is 18. The van der Waals surface area contributed by atoms with Crippen LogP contribution in [0.3, 0.4) is 0 Å². The van der Waals surface area contributed by atoms with Gasteiger partial charge in [-0.1, -0.05) is 5.21 Å². The maximum atomic E-state index is 13.6. The first-order chi connectivity index (χ1) is 23.4. The zero-order chi connectivity index (χ0) is 36.1. The molecule has 0 saturated carbocycles. The normalized spacial score (nSPS) is 11.8. The van der Waals surface area contributed by atoms with E-state index in [1.165, 1.54) is 28.4 Å². The van der Waals surface area contributed by atoms with Gasteiger partial charge in [0.2, 0.25) is 23.5 Å². The van der Waals surface area contributed by atoms with Gasteiger partial charge < -0.3 is 56.8 Å². The van der Waals surface area contributed by atoms with Crippen LogP contribution in [0.15, 0.2) is 30.3 Å². The molecule has 19 nitrogen and oxygen atoms in total. The number of nitrogens with zero attached hydrogens (tertiary/aromatic N) is 2. The van der Waals surface area contributed by atoms with Crippen molar-refractivity contribution < 1.29 is 43.2 Å². The van der Waals surface area contributed by atoms with E-state index in [9.17, 15) is 19.2 Å². The molecule has 3 aromatic rings. The Bertz CT molecular complexity index is 1640. The number of ether oxygens (including phenoxy) is 4. The van der Waals surface area contributed by atoms with Crippen LogP contribution in [0, 0.1) is 5.41 Å². The summed E-state index contributed by atoms with van der Waals surface area (Å²) in [7, 11) is 5.90. The highest BCUT2D eigenvalue weighted by Crippen LogP contribution is 2.42. The van der Waals surface area contributed by atoms with E-state index in [-0.39, 0.29) is 24.6 Å². The molecule has 0 aliphatic heterocycles. The Balaban J connectivity index is 1.87. The van der Waals surface area contributed by atoms with Gasteiger partial charge in [-0.25, -0.2) is 0 Å². The van der Waals surface area contributed by atoms with Crippen molar-refractivity contribution in [2.45, 2.75) is 31.3 Å². The standard InChI is InChI=1S/C30H40N10O9/c1-46-20-8-7-15(25-26(39-40-38-25)16-11-21(47-2)27(49-4)22(12-16)48-3)10-19(20)37-29(45)18(6-5-9-34-30(32)33)36-23(41)14-35-28(44)17(31)13-24(42)43/h7-8,10-12,17-18H,5-6,9,13-14,31H2,1-4H3,(H,35,44)(H,36,41)(H,37,45)(H,42,43)(H4,32,33,34)(H,38,39,40). The third kappa shape index (κ3) is 10.2. The van der Waals surface area contributed by atoms with Crippen LogP contribution in [0.25, 0.3) is 22.5 Å². The van der Waals surface area contributed by atoms with Crippen molar-refractivity contribution >= 4 is 35.3 Å². The lowest BCUT2D eigenvalue weighted by molar-refractivity contribution is -0.139. The summed E-state index contributed by atoms with van der Waals surface area (Å²) in [6, 6.07) is 5.95. The van der Waals surface area contributed by atoms with E-state index >= 15 is 0 Å². The fraction of sp³-hybridized carbons (Fsp3) is 0.367. The first-order valence-electron chi connectivity index (χ1n) is 14.7. The average molecular weight is 685 g/mol. The van der Waals surface area contributed by atoms with Gasteiger partial charge in [0.05, 0.1) is 58.8 Å². The SMILES string of the molecule is COc1ccc(-c2[nH]nnc2-c2cc(OC)c(OC)c(OC)c2)cc1NC(=O)C(CCCNC(=N)N)NC(=O)CNC(=O)C(N)CC(=O)O. The van der Waals surface area contributed by atoms with E-state index in [1.807, 2.05) is 0 Å². The van der Waals surface area contributed by atoms with Crippen molar-refractivity contribution in [3.63, 3.8) is 0 Å². The monoisotopic (exact) mass is 684 g/mol. The maximum Gasteiger partial charge on any atom is 0.305 e. The van der Waals surface area contributed by atoms with E-state index in [0.29, 0.717) is 51.9 Å². The molecule has 49 heavy (non-hydrogen) atoms. The molecule has 0 saturated heterocycles. The zero-order valence-corrected chi connectivity index (χ0v) is 27.3. The van der Waals surface area contributed by atoms with E-state index in [2.05, 4.69) is 36.7 Å². The van der Waals surface area contributed by atoms with Crippen molar-refractivity contribution in [1.29, 1.82) is 5.41 Å². The second-order valence-electron chi connectivity index (χ2n) is 10.4. The highest BCUT2D eigenvalue weighted by atomic mass is 16.5. The van der Waals surface area contributed by atoms with Gasteiger partial charge in [0.15, 0.2) is 17.5 Å². The highest BCUT2D eigenvalue weighted by molar-refractivity contribution is 5.99. The Morgan fingerprint density at radius 3 is 2.20 bits per heavy atom. The number of benzene rings is 2. The van der Waals surface area contributed by atoms with Crippen molar-refractivity contribution in [2.24, 2.45) is 11.5 Å². The summed E-state index contributed by atoms with van der Waals surface area (Å²) >= 11 is 0. The zero-order valence-electron chi connectivity index (χ0n) is 27.3. The van der Waals surface area contributed by atoms with Crippen LogP contribution in [0.4, 0.5) is 5.69 Å². The van der Waals surface area contributed by atoms with Crippen LogP contribution < -0.4 is 51.7 Å². The minimum Gasteiger partial charge on any atom is -0.495 e. The molecule has 1 heterocycles. The predicted octanol–water partition coefficient (Wildman–Crippen LogP) is -0.222. The summed E-state index contributed by atoms with van der Waals surface area (Å²) in [5.74, 6) is -2.20. The maximum absolute atomic E-state index is 13.6. The van der Waals surface area contributed by atoms with E-state index < -0.39 is 48.7 Å². The number of anilines is 1. The molecule has 0 aliphatic carbocycles. The van der Waals surface area contributed by atoms with Crippen molar-refractivity contribution in [3.8, 4) is 45.5 Å². The Labute approximate surface area is 280 Å². The Hall–Kier alpha value is -6.11. The number of carbonyl (C=O) groups excluding carboxylic acids is 3. The first kappa shape index (κ1) is 37.3. The number of nitrogens with one attached hydrogen (secondary N) is 6. The lowest BCUT2D eigenvalue weighted by Crippen LogP contribution is -2.50. The Kier molecular flexibility index (Phi) is 13.5. The molecule has 2 aromatic carbocycles. The molecule has 2 unspecified atom stereocenters. The first-order valence-corrected chi connectivity index (χ1v) is 14.7. The van der Waals surface area contributed by atoms with Crippen LogP contribution in [0.1, 0.15) is 19.3 Å². The lowest BCUT2D eigenvalue weighted by Gasteiger charge is -2.20. The number of nitrogens with two attached hydrogens (primary N) is 2. The van der Waals surface area contributed by atoms with Crippen LogP contribution >= 0.6 is 0 Å². The van der Waals surface area contributed by atoms with Gasteiger partial charge in [-0.05, 0) is 43.2 Å². The molecule has 264 valence electrons. The molecular weight excluding hydrogens is 644 g/mol. The van der Waals surface area contributed by atoms with Crippen LogP contribution in [0.5, 0.6) is 23.0 Å². The number of carboxylic acids is 1. The summed E-state index contributed by atoms with van der Waals surface area (Å²) < 4.78 is 21.9. The van der Waals surface area contributed by atoms with Gasteiger partial charge >= 0.3 is 5.97 Å². The quantitative estimate of drug-likeness (QED) is 0.0476. The number of carbonyl (C=O) groups is 4. The molecule has 2 atom stereocenters. The fourth-order valence-corrected chi connectivity index (χ4v) is 4.65. The highest BCUT2D eigenvalue weighted by Gasteiger charge is 2.25. The number of carboxylic acid groups (broad SMARTS) is 1. The Morgan fingerprint density at radius 2 is 1.61 bits per heavy atom. The van der Waals surface area contributed by atoms with Crippen molar-refractivity contribution in [3.05, 3.63) is 30.3 Å². The molecule has 0 spiro atoms. The molecule has 0 radical (unpaired) electrons. The van der Waals surface area contributed by atoms with E-state index in [4.69, 9.17) is 40.9 Å².